The van der Waals surface area contributed by atoms with Crippen molar-refractivity contribution < 1.29 is 8.78 Å². The number of anilines is 1. The number of fused-ring (bicyclic) bond motifs is 1. The first-order valence-corrected chi connectivity index (χ1v) is 11.4. The first-order chi connectivity index (χ1) is 12.9. The van der Waals surface area contributed by atoms with Crippen molar-refractivity contribution in [3.05, 3.63) is 43.0 Å². The number of nitrogens with two attached hydrogens (primary N) is 1. The quantitative estimate of drug-likeness (QED) is 0.403. The molecule has 144 valence electrons. The van der Waals surface area contributed by atoms with Gasteiger partial charge in [0.05, 0.1) is 26.3 Å². The Kier molecular flexibility index (Phi) is 5.46. The second kappa shape index (κ2) is 7.55. The van der Waals surface area contributed by atoms with Gasteiger partial charge >= 0.3 is 0 Å². The van der Waals surface area contributed by atoms with E-state index >= 15 is 0 Å². The third-order valence-electron chi connectivity index (χ3n) is 4.82. The molecule has 3 aromatic heterocycles. The molecular formula is C18H17BrClF2N3S2. The topological polar surface area (TPSA) is 50.9 Å². The molecule has 3 N–H and O–H groups in total. The summed E-state index contributed by atoms with van der Waals surface area (Å²) in [5.74, 6) is -3.83. The second-order valence-corrected chi connectivity index (χ2v) is 9.94. The summed E-state index contributed by atoms with van der Waals surface area (Å²) in [4.78, 5) is 6.10. The third kappa shape index (κ3) is 3.74. The van der Waals surface area contributed by atoms with Gasteiger partial charge in [-0.1, -0.05) is 17.7 Å². The maximum atomic E-state index is 14.7. The molecule has 4 rings (SSSR count). The smallest absolute Gasteiger partial charge is 0.257 e. The molecule has 1 fully saturated rings. The number of aromatic nitrogens is 1. The Hall–Kier alpha value is -0.800. The number of halogens is 4. The minimum Gasteiger partial charge on any atom is -0.379 e. The summed E-state index contributed by atoms with van der Waals surface area (Å²) >= 11 is 12.7. The van der Waals surface area contributed by atoms with Crippen LogP contribution in [0.15, 0.2) is 28.1 Å². The van der Waals surface area contributed by atoms with Crippen LogP contribution < -0.4 is 11.1 Å². The maximum Gasteiger partial charge on any atom is 0.257 e. The zero-order valence-corrected chi connectivity index (χ0v) is 18.1. The monoisotopic (exact) mass is 491 g/mol. The normalized spacial score (nSPS) is 22.3. The van der Waals surface area contributed by atoms with Crippen molar-refractivity contribution in [2.75, 3.05) is 5.32 Å². The van der Waals surface area contributed by atoms with Crippen molar-refractivity contribution in [1.82, 2.24) is 4.98 Å². The van der Waals surface area contributed by atoms with E-state index in [1.165, 1.54) is 16.2 Å². The van der Waals surface area contributed by atoms with E-state index in [1.54, 1.807) is 17.4 Å². The maximum absolute atomic E-state index is 14.7. The Morgan fingerprint density at radius 1 is 1.44 bits per heavy atom. The molecule has 3 heterocycles. The molecule has 0 aliphatic heterocycles. The lowest BCUT2D eigenvalue weighted by molar-refractivity contribution is -0.0603. The van der Waals surface area contributed by atoms with Crippen molar-refractivity contribution in [3.8, 4) is 0 Å². The van der Waals surface area contributed by atoms with Crippen LogP contribution in [0, 0.1) is 0 Å². The molecule has 0 saturated heterocycles. The summed E-state index contributed by atoms with van der Waals surface area (Å²) in [7, 11) is 0. The van der Waals surface area contributed by atoms with Gasteiger partial charge in [0.1, 0.15) is 5.15 Å². The van der Waals surface area contributed by atoms with Gasteiger partial charge in [-0.05, 0) is 40.2 Å². The average molecular weight is 493 g/mol. The van der Waals surface area contributed by atoms with E-state index in [1.807, 2.05) is 17.5 Å². The van der Waals surface area contributed by atoms with E-state index in [-0.39, 0.29) is 6.42 Å². The van der Waals surface area contributed by atoms with E-state index < -0.39 is 17.9 Å². The first kappa shape index (κ1) is 19.5. The molecule has 1 aliphatic rings. The van der Waals surface area contributed by atoms with Crippen LogP contribution in [0.3, 0.4) is 0 Å². The zero-order chi connectivity index (χ0) is 19.2. The molecule has 2 atom stereocenters. The van der Waals surface area contributed by atoms with Gasteiger partial charge in [0, 0.05) is 34.8 Å². The fourth-order valence-electron chi connectivity index (χ4n) is 3.55. The number of alkyl halides is 2. The van der Waals surface area contributed by atoms with Gasteiger partial charge in [0.15, 0.2) is 0 Å². The summed E-state index contributed by atoms with van der Waals surface area (Å²) in [6, 6.07) is 5.19. The Bertz CT molecular complexity index is 961. The number of rotatable bonds is 4. The lowest BCUT2D eigenvalue weighted by Gasteiger charge is -2.35. The van der Waals surface area contributed by atoms with Crippen LogP contribution in [0.5, 0.6) is 0 Å². The second-order valence-electron chi connectivity index (χ2n) is 6.68. The van der Waals surface area contributed by atoms with Crippen LogP contribution in [0.25, 0.3) is 10.2 Å². The summed E-state index contributed by atoms with van der Waals surface area (Å²) < 4.78 is 30.7. The highest BCUT2D eigenvalue weighted by atomic mass is 79.9. The molecule has 9 heteroatoms. The number of nitrogens with zero attached hydrogens (tertiary/aromatic N) is 1. The minimum atomic E-state index is -2.82. The van der Waals surface area contributed by atoms with Gasteiger partial charge < -0.3 is 11.1 Å². The van der Waals surface area contributed by atoms with Gasteiger partial charge in [0.2, 0.25) is 0 Å². The lowest BCUT2D eigenvalue weighted by Crippen LogP contribution is -2.43. The average Bonchev–Trinajstić information content (AvgIpc) is 3.22. The van der Waals surface area contributed by atoms with Crippen LogP contribution in [0.1, 0.15) is 34.9 Å². The highest BCUT2D eigenvalue weighted by molar-refractivity contribution is 9.10. The Balaban J connectivity index is 1.77. The number of hydrogen-bond donors (Lipinski definition) is 2. The molecule has 3 nitrogen and oxygen atoms in total. The highest BCUT2D eigenvalue weighted by Crippen LogP contribution is 2.51. The lowest BCUT2D eigenvalue weighted by atomic mass is 9.81. The summed E-state index contributed by atoms with van der Waals surface area (Å²) in [5.41, 5.74) is 7.51. The molecule has 3 aromatic rings. The van der Waals surface area contributed by atoms with Crippen LogP contribution in [-0.4, -0.2) is 16.9 Å². The number of pyridine rings is 1. The van der Waals surface area contributed by atoms with Gasteiger partial charge in [-0.15, -0.1) is 22.7 Å². The van der Waals surface area contributed by atoms with Gasteiger partial charge in [-0.2, -0.15) is 0 Å². The predicted octanol–water partition coefficient (Wildman–Crippen LogP) is 6.62. The molecule has 0 amide bonds. The fourth-order valence-corrected chi connectivity index (χ4v) is 6.66. The molecule has 0 aromatic carbocycles. The molecule has 0 bridgehead atoms. The van der Waals surface area contributed by atoms with Gasteiger partial charge in [0.25, 0.3) is 5.92 Å². The van der Waals surface area contributed by atoms with Crippen molar-refractivity contribution in [1.29, 1.82) is 0 Å². The third-order valence-corrected chi connectivity index (χ3v) is 8.25. The molecule has 0 spiro atoms. The Labute approximate surface area is 177 Å². The summed E-state index contributed by atoms with van der Waals surface area (Å²) in [5, 5.41) is 5.70. The number of hydrogen-bond acceptors (Lipinski definition) is 5. The van der Waals surface area contributed by atoms with Gasteiger partial charge in [-0.25, -0.2) is 13.8 Å². The van der Waals surface area contributed by atoms with E-state index in [0.717, 1.165) is 10.4 Å². The molecule has 0 unspecified atom stereocenters. The predicted molar refractivity (Wildman–Crippen MR) is 113 cm³/mol. The standard InChI is InChI=1S/C18H17BrClF2N3S2/c19-14-15-16(27-17(14)13-10(23)4-1-5-18(13,21)22)11(7-12(20)25-15)24-8-9-3-2-6-26-9/h2-3,6-7,10,13H,1,4-5,8,23H2,(H,24,25)/t10-,13+/m0/s1. The van der Waals surface area contributed by atoms with Crippen molar-refractivity contribution >= 4 is 66.1 Å². The Morgan fingerprint density at radius 3 is 2.96 bits per heavy atom. The van der Waals surface area contributed by atoms with Crippen LogP contribution >= 0.6 is 50.2 Å². The largest absolute Gasteiger partial charge is 0.379 e. The number of thiophene rings is 2. The minimum absolute atomic E-state index is 0.135. The van der Waals surface area contributed by atoms with Crippen molar-refractivity contribution in [2.45, 2.75) is 43.7 Å². The molecule has 1 aliphatic carbocycles. The summed E-state index contributed by atoms with van der Waals surface area (Å²) in [6.45, 7) is 0.636. The first-order valence-electron chi connectivity index (χ1n) is 8.55. The van der Waals surface area contributed by atoms with Crippen molar-refractivity contribution in [3.63, 3.8) is 0 Å². The summed E-state index contributed by atoms with van der Waals surface area (Å²) in [6.07, 6.45) is 0.910. The van der Waals surface area contributed by atoms with Crippen LogP contribution in [0.2, 0.25) is 5.15 Å². The highest BCUT2D eigenvalue weighted by Gasteiger charge is 2.48. The van der Waals surface area contributed by atoms with Crippen LogP contribution in [0.4, 0.5) is 14.5 Å². The molecule has 0 radical (unpaired) electrons. The van der Waals surface area contributed by atoms with E-state index in [9.17, 15) is 8.78 Å². The fraction of sp³-hybridized carbons (Fsp3) is 0.389. The van der Waals surface area contributed by atoms with E-state index in [0.29, 0.717) is 39.4 Å². The molecule has 1 saturated carbocycles. The number of nitrogens with one attached hydrogen (secondary N) is 1. The zero-order valence-electron chi connectivity index (χ0n) is 14.1. The van der Waals surface area contributed by atoms with Crippen LogP contribution in [-0.2, 0) is 6.54 Å². The Morgan fingerprint density at radius 2 is 2.26 bits per heavy atom. The van der Waals surface area contributed by atoms with E-state index in [2.05, 4.69) is 26.2 Å². The SMILES string of the molecule is N[C@H]1CCCC(F)(F)[C@H]1c1sc2c(NCc3cccs3)cc(Cl)nc2c1Br. The molecule has 27 heavy (non-hydrogen) atoms. The van der Waals surface area contributed by atoms with E-state index in [4.69, 9.17) is 17.3 Å². The van der Waals surface area contributed by atoms with Crippen molar-refractivity contribution in [2.24, 2.45) is 5.73 Å². The molecular weight excluding hydrogens is 476 g/mol. The van der Waals surface area contributed by atoms with Gasteiger partial charge in [-0.3, -0.25) is 0 Å².